The predicted molar refractivity (Wildman–Crippen MR) is 81.1 cm³/mol. The van der Waals surface area contributed by atoms with Crippen molar-refractivity contribution in [3.63, 3.8) is 0 Å². The van der Waals surface area contributed by atoms with E-state index in [1.165, 1.54) is 0 Å². The van der Waals surface area contributed by atoms with E-state index in [2.05, 4.69) is 17.1 Å². The van der Waals surface area contributed by atoms with Gasteiger partial charge < -0.3 is 18.5 Å². The predicted octanol–water partition coefficient (Wildman–Crippen LogP) is 2.31. The average molecular weight is 319 g/mol. The molecule has 0 aromatic carbocycles. The van der Waals surface area contributed by atoms with Crippen LogP contribution in [0.3, 0.4) is 0 Å². The first-order chi connectivity index (χ1) is 11.1. The molecule has 0 saturated carbocycles. The van der Waals surface area contributed by atoms with Crippen molar-refractivity contribution in [3.05, 3.63) is 34.9 Å². The second kappa shape index (κ2) is 6.54. The zero-order valence-corrected chi connectivity index (χ0v) is 13.7. The highest BCUT2D eigenvalue weighted by atomic mass is 16.5. The molecule has 1 aliphatic heterocycles. The Bertz CT molecular complexity index is 670. The zero-order chi connectivity index (χ0) is 16.4. The number of carbonyl (C=O) groups excluding carboxylic acids is 1. The molecule has 0 N–H and O–H groups in total. The van der Waals surface area contributed by atoms with Crippen LogP contribution in [-0.4, -0.2) is 40.8 Å². The number of morpholine rings is 1. The maximum Gasteiger partial charge on any atom is 0.290 e. The first-order valence-electron chi connectivity index (χ1n) is 7.94. The Kier molecular flexibility index (Phi) is 4.47. The molecule has 0 aliphatic carbocycles. The third-order valence-electron chi connectivity index (χ3n) is 4.03. The Morgan fingerprint density at radius 2 is 2.13 bits per heavy atom. The number of aryl methyl sites for hydroxylation is 3. The molecule has 0 radical (unpaired) electrons. The zero-order valence-electron chi connectivity index (χ0n) is 13.7. The smallest absolute Gasteiger partial charge is 0.290 e. The molecular formula is C16H21N3O4. The van der Waals surface area contributed by atoms with Crippen LogP contribution in [0, 0.1) is 6.92 Å². The van der Waals surface area contributed by atoms with Gasteiger partial charge in [-0.15, -0.1) is 10.2 Å². The Balaban J connectivity index is 1.88. The van der Waals surface area contributed by atoms with Gasteiger partial charge in [-0.3, -0.25) is 4.79 Å². The van der Waals surface area contributed by atoms with Crippen molar-refractivity contribution in [1.82, 2.24) is 15.1 Å². The number of nitrogens with zero attached hydrogens (tertiary/aromatic N) is 3. The van der Waals surface area contributed by atoms with Gasteiger partial charge in [-0.1, -0.05) is 13.8 Å². The van der Waals surface area contributed by atoms with E-state index in [9.17, 15) is 4.79 Å². The molecule has 3 rings (SSSR count). The molecule has 1 aliphatic rings. The summed E-state index contributed by atoms with van der Waals surface area (Å²) in [7, 11) is 0. The van der Waals surface area contributed by atoms with E-state index in [1.54, 1.807) is 11.8 Å². The second-order valence-corrected chi connectivity index (χ2v) is 5.51. The summed E-state index contributed by atoms with van der Waals surface area (Å²) in [6.45, 7) is 7.09. The first-order valence-corrected chi connectivity index (χ1v) is 7.94. The number of carbonyl (C=O) groups is 1. The summed E-state index contributed by atoms with van der Waals surface area (Å²) in [4.78, 5) is 14.6. The number of ether oxygens (including phenoxy) is 1. The van der Waals surface area contributed by atoms with Gasteiger partial charge in [0.05, 0.1) is 13.2 Å². The van der Waals surface area contributed by atoms with E-state index in [0.29, 0.717) is 37.3 Å². The van der Waals surface area contributed by atoms with Gasteiger partial charge in [-0.05, 0) is 18.1 Å². The third-order valence-corrected chi connectivity index (χ3v) is 4.03. The standard InChI is InChI=1S/C16H21N3O4/c1-4-11-8-14(23-13(11)5-2)16(20)19-6-7-21-9-12(19)15-18-17-10(3)22-15/h8,12H,4-7,9H2,1-3H3/t12-/m0/s1. The van der Waals surface area contributed by atoms with Crippen LogP contribution < -0.4 is 0 Å². The van der Waals surface area contributed by atoms with E-state index in [1.807, 2.05) is 13.0 Å². The van der Waals surface area contributed by atoms with Gasteiger partial charge >= 0.3 is 0 Å². The van der Waals surface area contributed by atoms with Crippen LogP contribution in [0.25, 0.3) is 0 Å². The molecule has 0 spiro atoms. The number of hydrogen-bond donors (Lipinski definition) is 0. The van der Waals surface area contributed by atoms with Crippen molar-refractivity contribution in [2.75, 3.05) is 19.8 Å². The van der Waals surface area contributed by atoms with Crippen molar-refractivity contribution in [2.45, 2.75) is 39.7 Å². The lowest BCUT2D eigenvalue weighted by Crippen LogP contribution is -2.43. The lowest BCUT2D eigenvalue weighted by atomic mass is 10.1. The van der Waals surface area contributed by atoms with E-state index < -0.39 is 0 Å². The van der Waals surface area contributed by atoms with Gasteiger partial charge in [0, 0.05) is 19.9 Å². The highest BCUT2D eigenvalue weighted by Gasteiger charge is 2.34. The summed E-state index contributed by atoms with van der Waals surface area (Å²) in [5.41, 5.74) is 1.08. The minimum atomic E-state index is -0.377. The molecule has 2 aromatic heterocycles. The second-order valence-electron chi connectivity index (χ2n) is 5.51. The minimum Gasteiger partial charge on any atom is -0.456 e. The van der Waals surface area contributed by atoms with Crippen LogP contribution >= 0.6 is 0 Å². The number of furan rings is 1. The van der Waals surface area contributed by atoms with Crippen molar-refractivity contribution >= 4 is 5.91 Å². The van der Waals surface area contributed by atoms with Gasteiger partial charge in [0.2, 0.25) is 11.8 Å². The summed E-state index contributed by atoms with van der Waals surface area (Å²) in [6, 6.07) is 1.46. The van der Waals surface area contributed by atoms with Crippen LogP contribution in [-0.2, 0) is 17.6 Å². The SMILES string of the molecule is CCc1cc(C(=O)N2CCOC[C@H]2c2nnc(C)o2)oc1CC. The molecule has 3 heterocycles. The molecule has 2 aromatic rings. The maximum absolute atomic E-state index is 12.9. The number of aromatic nitrogens is 2. The fourth-order valence-electron chi connectivity index (χ4n) is 2.81. The summed E-state index contributed by atoms with van der Waals surface area (Å²) in [6.07, 6.45) is 1.61. The summed E-state index contributed by atoms with van der Waals surface area (Å²) in [5.74, 6) is 1.94. The average Bonchev–Trinajstić information content (AvgIpc) is 3.20. The van der Waals surface area contributed by atoms with E-state index >= 15 is 0 Å². The first kappa shape index (κ1) is 15.7. The Labute approximate surface area is 134 Å². The van der Waals surface area contributed by atoms with Crippen LogP contribution in [0.2, 0.25) is 0 Å². The van der Waals surface area contributed by atoms with Crippen molar-refractivity contribution < 1.29 is 18.4 Å². The van der Waals surface area contributed by atoms with Crippen LogP contribution in [0.4, 0.5) is 0 Å². The summed E-state index contributed by atoms with van der Waals surface area (Å²) >= 11 is 0. The molecule has 1 fully saturated rings. The van der Waals surface area contributed by atoms with Gasteiger partial charge in [-0.25, -0.2) is 0 Å². The number of hydrogen-bond acceptors (Lipinski definition) is 6. The van der Waals surface area contributed by atoms with Crippen LogP contribution in [0.5, 0.6) is 0 Å². The fourth-order valence-corrected chi connectivity index (χ4v) is 2.81. The minimum absolute atomic E-state index is 0.163. The number of rotatable bonds is 4. The van der Waals surface area contributed by atoms with Crippen LogP contribution in [0.15, 0.2) is 14.9 Å². The van der Waals surface area contributed by atoms with Crippen LogP contribution in [0.1, 0.15) is 53.5 Å². The van der Waals surface area contributed by atoms with Gasteiger partial charge in [0.25, 0.3) is 5.91 Å². The largest absolute Gasteiger partial charge is 0.456 e. The lowest BCUT2D eigenvalue weighted by Gasteiger charge is -2.32. The van der Waals surface area contributed by atoms with Crippen molar-refractivity contribution in [1.29, 1.82) is 0 Å². The highest BCUT2D eigenvalue weighted by molar-refractivity contribution is 5.92. The molecule has 1 atom stereocenters. The highest BCUT2D eigenvalue weighted by Crippen LogP contribution is 2.27. The Morgan fingerprint density at radius 1 is 1.30 bits per heavy atom. The van der Waals surface area contributed by atoms with Gasteiger partial charge in [-0.2, -0.15) is 0 Å². The summed E-state index contributed by atoms with van der Waals surface area (Å²) < 4.78 is 16.7. The van der Waals surface area contributed by atoms with Gasteiger partial charge in [0.15, 0.2) is 5.76 Å². The monoisotopic (exact) mass is 319 g/mol. The Hall–Kier alpha value is -2.15. The lowest BCUT2D eigenvalue weighted by molar-refractivity contribution is -0.0121. The maximum atomic E-state index is 12.9. The molecule has 7 nitrogen and oxygen atoms in total. The van der Waals surface area contributed by atoms with Crippen molar-refractivity contribution in [2.24, 2.45) is 0 Å². The topological polar surface area (TPSA) is 81.6 Å². The molecule has 7 heteroatoms. The molecular weight excluding hydrogens is 298 g/mol. The number of amides is 1. The van der Waals surface area contributed by atoms with E-state index in [0.717, 1.165) is 24.2 Å². The quantitative estimate of drug-likeness (QED) is 0.860. The molecule has 0 bridgehead atoms. The fraction of sp³-hybridized carbons (Fsp3) is 0.562. The van der Waals surface area contributed by atoms with E-state index in [4.69, 9.17) is 13.6 Å². The molecule has 1 amide bonds. The van der Waals surface area contributed by atoms with Crippen molar-refractivity contribution in [3.8, 4) is 0 Å². The van der Waals surface area contributed by atoms with Gasteiger partial charge in [0.1, 0.15) is 11.8 Å². The molecule has 1 saturated heterocycles. The normalized spacial score (nSPS) is 18.4. The molecule has 124 valence electrons. The summed E-state index contributed by atoms with van der Waals surface area (Å²) in [5, 5.41) is 7.87. The molecule has 0 unspecified atom stereocenters. The Morgan fingerprint density at radius 3 is 2.74 bits per heavy atom. The van der Waals surface area contributed by atoms with E-state index in [-0.39, 0.29) is 11.9 Å². The molecule has 23 heavy (non-hydrogen) atoms. The third kappa shape index (κ3) is 3.01.